The number of nitrogens with zero attached hydrogens (tertiary/aromatic N) is 1. The molecule has 272 valence electrons. The Morgan fingerprint density at radius 1 is 0.837 bits per heavy atom. The second-order valence-electron chi connectivity index (χ2n) is 14.6. The van der Waals surface area contributed by atoms with Crippen LogP contribution in [0.5, 0.6) is 0 Å². The number of carbonyl (C=O) groups excluding carboxylic acids is 4. The van der Waals surface area contributed by atoms with Crippen molar-refractivity contribution in [3.8, 4) is 0 Å². The van der Waals surface area contributed by atoms with E-state index in [0.717, 1.165) is 36.0 Å². The van der Waals surface area contributed by atoms with E-state index in [-0.39, 0.29) is 18.9 Å². The summed E-state index contributed by atoms with van der Waals surface area (Å²) in [6.07, 6.45) is 5.31. The lowest BCUT2D eigenvalue weighted by Gasteiger charge is -2.36. The van der Waals surface area contributed by atoms with Crippen LogP contribution in [0, 0.1) is 13.8 Å². The van der Waals surface area contributed by atoms with E-state index in [9.17, 15) is 19.2 Å². The monoisotopic (exact) mass is 697 g/mol. The Hall–Kier alpha value is -3.53. The molecule has 0 radical (unpaired) electrons. The molecule has 49 heavy (non-hydrogen) atoms. The standard InChI is InChI=1S/C39H59N3O6S/c1-11-12-13-17-23-42(35(44)31(22-24-49-10)41-37(46)48-39(7,8)9)33(30-21-20-27(2)25-28(30)3)34(43)40-32(36(45)47-38(4,5)6)26-29-18-15-14-16-19-29/h14-16,18-21,25,31-33H,11-13,17,22-24,26H2,1-10H3,(H,40,43)(H,41,46). The molecule has 2 aromatic carbocycles. The molecule has 0 spiro atoms. The molecule has 0 aliphatic rings. The first-order valence-electron chi connectivity index (χ1n) is 17.4. The summed E-state index contributed by atoms with van der Waals surface area (Å²) in [5, 5.41) is 5.80. The number of thioether (sulfide) groups is 1. The van der Waals surface area contributed by atoms with Gasteiger partial charge < -0.3 is 25.0 Å². The summed E-state index contributed by atoms with van der Waals surface area (Å²) >= 11 is 1.56. The molecule has 3 atom stereocenters. The van der Waals surface area contributed by atoms with Crippen molar-refractivity contribution in [3.05, 3.63) is 70.8 Å². The summed E-state index contributed by atoms with van der Waals surface area (Å²) in [6.45, 7) is 16.9. The molecule has 2 N–H and O–H groups in total. The van der Waals surface area contributed by atoms with Gasteiger partial charge in [0.2, 0.25) is 11.8 Å². The molecule has 9 nitrogen and oxygen atoms in total. The van der Waals surface area contributed by atoms with E-state index in [4.69, 9.17) is 9.47 Å². The number of alkyl carbamates (subject to hydrolysis) is 1. The highest BCUT2D eigenvalue weighted by Crippen LogP contribution is 2.28. The molecule has 3 amide bonds. The third-order valence-corrected chi connectivity index (χ3v) is 8.35. The fourth-order valence-electron chi connectivity index (χ4n) is 5.47. The smallest absolute Gasteiger partial charge is 0.408 e. The van der Waals surface area contributed by atoms with Crippen molar-refractivity contribution in [3.63, 3.8) is 0 Å². The van der Waals surface area contributed by atoms with Crippen molar-refractivity contribution in [2.45, 2.75) is 130 Å². The Morgan fingerprint density at radius 2 is 1.49 bits per heavy atom. The normalized spacial score (nSPS) is 13.5. The Labute approximate surface area is 298 Å². The predicted molar refractivity (Wildman–Crippen MR) is 199 cm³/mol. The average Bonchev–Trinajstić information content (AvgIpc) is 2.99. The summed E-state index contributed by atoms with van der Waals surface area (Å²) in [5.74, 6) is -0.833. The van der Waals surface area contributed by atoms with E-state index in [2.05, 4.69) is 17.6 Å². The molecule has 0 aromatic heterocycles. The Morgan fingerprint density at radius 3 is 2.06 bits per heavy atom. The van der Waals surface area contributed by atoms with Gasteiger partial charge in [0.15, 0.2) is 0 Å². The highest BCUT2D eigenvalue weighted by atomic mass is 32.2. The second-order valence-corrected chi connectivity index (χ2v) is 15.6. The summed E-state index contributed by atoms with van der Waals surface area (Å²) in [4.78, 5) is 57.6. The maximum absolute atomic E-state index is 14.7. The van der Waals surface area contributed by atoms with Gasteiger partial charge in [-0.15, -0.1) is 0 Å². The van der Waals surface area contributed by atoms with Crippen molar-refractivity contribution in [1.29, 1.82) is 0 Å². The van der Waals surface area contributed by atoms with Gasteiger partial charge in [0.1, 0.15) is 29.3 Å². The molecule has 0 aliphatic carbocycles. The molecular formula is C39H59N3O6S. The lowest BCUT2D eigenvalue weighted by Crippen LogP contribution is -2.55. The number of benzene rings is 2. The third kappa shape index (κ3) is 14.9. The van der Waals surface area contributed by atoms with Gasteiger partial charge in [-0.2, -0.15) is 11.8 Å². The molecule has 0 fully saturated rings. The summed E-state index contributed by atoms with van der Waals surface area (Å²) in [6, 6.07) is 12.2. The zero-order valence-corrected chi connectivity index (χ0v) is 32.1. The largest absolute Gasteiger partial charge is 0.458 e. The minimum absolute atomic E-state index is 0.210. The minimum atomic E-state index is -1.08. The molecule has 2 rings (SSSR count). The lowest BCUT2D eigenvalue weighted by atomic mass is 9.95. The maximum Gasteiger partial charge on any atom is 0.408 e. The summed E-state index contributed by atoms with van der Waals surface area (Å²) < 4.78 is 11.3. The van der Waals surface area contributed by atoms with Crippen LogP contribution in [0.1, 0.15) is 109 Å². The minimum Gasteiger partial charge on any atom is -0.458 e. The SMILES string of the molecule is CCCCCCN(C(=O)C(CCSC)NC(=O)OC(C)(C)C)C(C(=O)NC(Cc1ccccc1)C(=O)OC(C)(C)C)c1ccc(C)cc1C. The van der Waals surface area contributed by atoms with Crippen LogP contribution in [-0.4, -0.2) is 70.6 Å². The van der Waals surface area contributed by atoms with Crippen molar-refractivity contribution in [1.82, 2.24) is 15.5 Å². The van der Waals surface area contributed by atoms with Gasteiger partial charge in [0.25, 0.3) is 0 Å². The molecule has 3 unspecified atom stereocenters. The van der Waals surface area contributed by atoms with Gasteiger partial charge in [-0.3, -0.25) is 9.59 Å². The molecule has 0 aliphatic heterocycles. The van der Waals surface area contributed by atoms with Crippen LogP contribution in [0.4, 0.5) is 4.79 Å². The van der Waals surface area contributed by atoms with Crippen LogP contribution in [0.3, 0.4) is 0 Å². The van der Waals surface area contributed by atoms with Gasteiger partial charge in [-0.1, -0.05) is 80.3 Å². The van der Waals surface area contributed by atoms with Gasteiger partial charge in [-0.05, 0) is 96.9 Å². The molecule has 0 saturated carbocycles. The molecular weight excluding hydrogens is 639 g/mol. The summed E-state index contributed by atoms with van der Waals surface area (Å²) in [7, 11) is 0. The molecule has 0 saturated heterocycles. The van der Waals surface area contributed by atoms with Crippen LogP contribution in [-0.2, 0) is 30.3 Å². The Balaban J connectivity index is 2.67. The number of hydrogen-bond acceptors (Lipinski definition) is 7. The van der Waals surface area contributed by atoms with Crippen molar-refractivity contribution < 1.29 is 28.7 Å². The highest BCUT2D eigenvalue weighted by molar-refractivity contribution is 7.98. The third-order valence-electron chi connectivity index (χ3n) is 7.71. The number of esters is 1. The van der Waals surface area contributed by atoms with Crippen LogP contribution < -0.4 is 10.6 Å². The zero-order chi connectivity index (χ0) is 36.8. The van der Waals surface area contributed by atoms with Crippen molar-refractivity contribution >= 4 is 35.6 Å². The molecule has 10 heteroatoms. The number of carbonyl (C=O) groups is 4. The van der Waals surface area contributed by atoms with Gasteiger partial charge in [0, 0.05) is 13.0 Å². The first-order chi connectivity index (χ1) is 23.0. The quantitative estimate of drug-likeness (QED) is 0.130. The number of ether oxygens (including phenoxy) is 2. The first-order valence-corrected chi connectivity index (χ1v) is 18.8. The first kappa shape index (κ1) is 41.6. The van der Waals surface area contributed by atoms with Gasteiger partial charge in [0.05, 0.1) is 0 Å². The van der Waals surface area contributed by atoms with E-state index >= 15 is 0 Å². The maximum atomic E-state index is 14.7. The number of unbranched alkanes of at least 4 members (excludes halogenated alkanes) is 3. The number of hydrogen-bond donors (Lipinski definition) is 2. The van der Waals surface area contributed by atoms with E-state index in [1.165, 1.54) is 0 Å². The predicted octanol–water partition coefficient (Wildman–Crippen LogP) is 7.47. The fraction of sp³-hybridized carbons (Fsp3) is 0.590. The van der Waals surface area contributed by atoms with Crippen LogP contribution in [0.2, 0.25) is 0 Å². The van der Waals surface area contributed by atoms with Crippen molar-refractivity contribution in [2.75, 3.05) is 18.6 Å². The lowest BCUT2D eigenvalue weighted by molar-refractivity contribution is -0.159. The second kappa shape index (κ2) is 19.6. The topological polar surface area (TPSA) is 114 Å². The van der Waals surface area contributed by atoms with Gasteiger partial charge in [-0.25, -0.2) is 9.59 Å². The van der Waals surface area contributed by atoms with E-state index < -0.39 is 47.3 Å². The Bertz CT molecular complexity index is 1370. The number of rotatable bonds is 17. The molecule has 2 aromatic rings. The van der Waals surface area contributed by atoms with Crippen molar-refractivity contribution in [2.24, 2.45) is 0 Å². The average molecular weight is 698 g/mol. The number of aryl methyl sites for hydroxylation is 2. The van der Waals surface area contributed by atoms with E-state index in [1.54, 1.807) is 58.2 Å². The van der Waals surface area contributed by atoms with Crippen LogP contribution in [0.25, 0.3) is 0 Å². The fourth-order valence-corrected chi connectivity index (χ4v) is 5.94. The summed E-state index contributed by atoms with van der Waals surface area (Å²) in [5.41, 5.74) is 1.82. The number of nitrogens with one attached hydrogen (secondary N) is 2. The number of amides is 3. The Kier molecular flexibility index (Phi) is 16.7. The van der Waals surface area contributed by atoms with Gasteiger partial charge >= 0.3 is 12.1 Å². The zero-order valence-electron chi connectivity index (χ0n) is 31.3. The molecule has 0 heterocycles. The van der Waals surface area contributed by atoms with E-state index in [0.29, 0.717) is 24.2 Å². The molecule has 0 bridgehead atoms. The van der Waals surface area contributed by atoms with Crippen LogP contribution >= 0.6 is 11.8 Å². The highest BCUT2D eigenvalue weighted by Gasteiger charge is 2.38. The van der Waals surface area contributed by atoms with Crippen LogP contribution in [0.15, 0.2) is 48.5 Å². The van der Waals surface area contributed by atoms with E-state index in [1.807, 2.05) is 68.6 Å².